The summed E-state index contributed by atoms with van der Waals surface area (Å²) in [6.07, 6.45) is 8.58. The third-order valence-electron chi connectivity index (χ3n) is 8.03. The van der Waals surface area contributed by atoms with Gasteiger partial charge in [0, 0.05) is 11.8 Å². The van der Waals surface area contributed by atoms with Crippen LogP contribution in [0.3, 0.4) is 0 Å². The van der Waals surface area contributed by atoms with Crippen molar-refractivity contribution in [3.63, 3.8) is 0 Å². The third-order valence-corrected chi connectivity index (χ3v) is 8.64. The molecule has 0 saturated carbocycles. The van der Waals surface area contributed by atoms with Gasteiger partial charge in [-0.3, -0.25) is 19.4 Å². The van der Waals surface area contributed by atoms with E-state index in [1.54, 1.807) is 15.9 Å². The van der Waals surface area contributed by atoms with E-state index in [-0.39, 0.29) is 11.8 Å². The summed E-state index contributed by atoms with van der Waals surface area (Å²) in [4.78, 5) is 28.3. The second-order valence-electron chi connectivity index (χ2n) is 10.7. The summed E-state index contributed by atoms with van der Waals surface area (Å²) >= 11 is 12.6. The fourth-order valence-corrected chi connectivity index (χ4v) is 6.42. The van der Waals surface area contributed by atoms with E-state index in [4.69, 9.17) is 23.2 Å². The van der Waals surface area contributed by atoms with Crippen molar-refractivity contribution in [2.24, 2.45) is 5.92 Å². The number of carbonyl (C=O) groups excluding carboxylic acids is 2. The smallest absolute Gasteiger partial charge is 0.255 e. The highest BCUT2D eigenvalue weighted by atomic mass is 35.5. The second kappa shape index (κ2) is 11.6. The molecule has 2 heterocycles. The summed E-state index contributed by atoms with van der Waals surface area (Å²) in [6.45, 7) is 8.29. The summed E-state index contributed by atoms with van der Waals surface area (Å²) in [5, 5.41) is 1.25. The molecule has 3 aromatic carbocycles. The molecule has 0 radical (unpaired) electrons. The number of hydrogen-bond acceptors (Lipinski definition) is 2. The van der Waals surface area contributed by atoms with Crippen LogP contribution in [-0.4, -0.2) is 11.8 Å². The molecule has 6 heteroatoms. The number of rotatable bonds is 4. The number of aryl methyl sites for hydroxylation is 3. The first kappa shape index (κ1) is 28.2. The highest BCUT2D eigenvalue weighted by molar-refractivity contribution is 6.35. The molecule has 0 bridgehead atoms. The Bertz CT molecular complexity index is 1510. The zero-order valence-electron chi connectivity index (χ0n) is 23.4. The van der Waals surface area contributed by atoms with E-state index in [2.05, 4.69) is 32.1 Å². The van der Waals surface area contributed by atoms with Crippen molar-refractivity contribution in [1.29, 1.82) is 0 Å². The molecule has 206 valence electrons. The molecule has 6 rings (SSSR count). The maximum atomic E-state index is 12.4. The van der Waals surface area contributed by atoms with Crippen molar-refractivity contribution in [2.75, 3.05) is 9.80 Å². The summed E-state index contributed by atoms with van der Waals surface area (Å²) < 4.78 is 0. The Morgan fingerprint density at radius 2 is 1.52 bits per heavy atom. The van der Waals surface area contributed by atoms with Gasteiger partial charge in [-0.15, -0.1) is 0 Å². The van der Waals surface area contributed by atoms with Gasteiger partial charge in [0.25, 0.3) is 5.91 Å². The van der Waals surface area contributed by atoms with E-state index in [1.807, 2.05) is 56.3 Å². The third kappa shape index (κ3) is 5.23. The molecule has 2 aliphatic heterocycles. The van der Waals surface area contributed by atoms with Gasteiger partial charge in [-0.05, 0) is 85.1 Å². The Hall–Kier alpha value is -3.34. The second-order valence-corrected chi connectivity index (χ2v) is 11.5. The quantitative estimate of drug-likeness (QED) is 0.312. The van der Waals surface area contributed by atoms with Gasteiger partial charge in [0.2, 0.25) is 5.91 Å². The molecule has 0 spiro atoms. The highest BCUT2D eigenvalue weighted by Crippen LogP contribution is 2.43. The Labute approximate surface area is 246 Å². The van der Waals surface area contributed by atoms with Crippen LogP contribution in [-0.2, 0) is 22.4 Å². The first-order valence-electron chi connectivity index (χ1n) is 13.9. The van der Waals surface area contributed by atoms with E-state index in [9.17, 15) is 9.59 Å². The summed E-state index contributed by atoms with van der Waals surface area (Å²) in [5.41, 5.74) is 9.18. The van der Waals surface area contributed by atoms with Gasteiger partial charge >= 0.3 is 0 Å². The standard InChI is InChI=1S/C17H18ClNO.C17H16ClNO/c2*1-3-12-7-8-15-13(9-12)10-16(20)19(15)17-11(2)5-4-6-14(17)18/h4-6,8,10,12H,3,7,9H2,1-2H3;4-9H,3,10H2,1-2H3. The van der Waals surface area contributed by atoms with Gasteiger partial charge in [0.05, 0.1) is 33.5 Å². The molecule has 3 aliphatic rings. The van der Waals surface area contributed by atoms with Crippen molar-refractivity contribution in [2.45, 2.75) is 59.8 Å². The van der Waals surface area contributed by atoms with Crippen LogP contribution < -0.4 is 9.80 Å². The van der Waals surface area contributed by atoms with Crippen molar-refractivity contribution >= 4 is 52.1 Å². The summed E-state index contributed by atoms with van der Waals surface area (Å²) in [7, 11) is 0. The lowest BCUT2D eigenvalue weighted by Gasteiger charge is -2.27. The van der Waals surface area contributed by atoms with Gasteiger partial charge in [-0.25, -0.2) is 0 Å². The van der Waals surface area contributed by atoms with Gasteiger partial charge in [-0.2, -0.15) is 0 Å². The Balaban J connectivity index is 0.000000161. The molecule has 0 aromatic heterocycles. The molecular weight excluding hydrogens is 539 g/mol. The van der Waals surface area contributed by atoms with Crippen LogP contribution >= 0.6 is 23.2 Å². The Morgan fingerprint density at radius 3 is 2.12 bits per heavy atom. The van der Waals surface area contributed by atoms with Crippen molar-refractivity contribution < 1.29 is 9.59 Å². The average Bonchev–Trinajstić information content (AvgIpc) is 3.43. The average molecular weight is 574 g/mol. The summed E-state index contributed by atoms with van der Waals surface area (Å²) in [5.74, 6) is 0.772. The largest absolute Gasteiger partial charge is 0.279 e. The summed E-state index contributed by atoms with van der Waals surface area (Å²) in [6, 6.07) is 17.7. The maximum Gasteiger partial charge on any atom is 0.255 e. The fraction of sp³-hybridized carbons (Fsp3) is 0.294. The number of amides is 2. The number of benzene rings is 3. The lowest BCUT2D eigenvalue weighted by Crippen LogP contribution is -2.26. The molecule has 2 amide bonds. The van der Waals surface area contributed by atoms with Crippen LogP contribution in [0.1, 0.15) is 55.4 Å². The Morgan fingerprint density at radius 1 is 0.875 bits per heavy atom. The van der Waals surface area contributed by atoms with E-state index in [0.29, 0.717) is 22.4 Å². The van der Waals surface area contributed by atoms with Gasteiger partial charge in [0.1, 0.15) is 0 Å². The van der Waals surface area contributed by atoms with Gasteiger partial charge in [0.15, 0.2) is 0 Å². The number of halogens is 2. The van der Waals surface area contributed by atoms with E-state index >= 15 is 0 Å². The molecule has 1 aliphatic carbocycles. The van der Waals surface area contributed by atoms with Crippen LogP contribution in [0.5, 0.6) is 0 Å². The predicted molar refractivity (Wildman–Crippen MR) is 166 cm³/mol. The lowest BCUT2D eigenvalue weighted by molar-refractivity contribution is -0.116. The number of fused-ring (bicyclic) bond motifs is 2. The number of nitrogens with zero attached hydrogens (tertiary/aromatic N) is 2. The van der Waals surface area contributed by atoms with Crippen LogP contribution in [0.4, 0.5) is 17.1 Å². The normalized spacial score (nSPS) is 17.7. The maximum absolute atomic E-state index is 12.4. The first-order valence-corrected chi connectivity index (χ1v) is 14.7. The molecule has 1 atom stereocenters. The molecule has 0 saturated heterocycles. The van der Waals surface area contributed by atoms with Crippen molar-refractivity contribution in [1.82, 2.24) is 0 Å². The molecule has 0 fully saturated rings. The molecule has 4 nitrogen and oxygen atoms in total. The van der Waals surface area contributed by atoms with Gasteiger partial charge < -0.3 is 0 Å². The molecule has 3 aromatic rings. The lowest BCUT2D eigenvalue weighted by atomic mass is 9.87. The van der Waals surface area contributed by atoms with Crippen LogP contribution in [0, 0.1) is 19.8 Å². The van der Waals surface area contributed by atoms with E-state index < -0.39 is 0 Å². The minimum atomic E-state index is 0.0270. The predicted octanol–water partition coefficient (Wildman–Crippen LogP) is 9.06. The number of para-hydroxylation sites is 2. The molecule has 1 unspecified atom stereocenters. The minimum Gasteiger partial charge on any atom is -0.279 e. The highest BCUT2D eigenvalue weighted by Gasteiger charge is 2.34. The van der Waals surface area contributed by atoms with Gasteiger partial charge in [-0.1, -0.05) is 85.9 Å². The topological polar surface area (TPSA) is 40.6 Å². The Kier molecular flexibility index (Phi) is 8.21. The van der Waals surface area contributed by atoms with Crippen molar-refractivity contribution in [3.05, 3.63) is 110 Å². The van der Waals surface area contributed by atoms with Crippen LogP contribution in [0.2, 0.25) is 10.0 Å². The van der Waals surface area contributed by atoms with Crippen molar-refractivity contribution in [3.8, 4) is 0 Å². The molecule has 0 N–H and O–H groups in total. The number of hydrogen-bond donors (Lipinski definition) is 0. The SMILES string of the molecule is CCC1CC=C2C(=CC(=O)N2c2c(C)cccc2Cl)C1.CCc1ccc2c(c1)CC(=O)N2c1c(C)cccc1Cl. The minimum absolute atomic E-state index is 0.0270. The number of anilines is 3. The number of allylic oxidation sites excluding steroid dienone is 2. The van der Waals surface area contributed by atoms with Crippen LogP contribution in [0.25, 0.3) is 0 Å². The molecule has 40 heavy (non-hydrogen) atoms. The zero-order valence-corrected chi connectivity index (χ0v) is 24.9. The molecular formula is C34H34Cl2N2O2. The van der Waals surface area contributed by atoms with E-state index in [0.717, 1.165) is 70.7 Å². The van der Waals surface area contributed by atoms with Crippen LogP contribution in [0.15, 0.2) is 78.0 Å². The fourth-order valence-electron chi connectivity index (χ4n) is 5.80. The number of carbonyl (C=O) groups is 2. The monoisotopic (exact) mass is 572 g/mol. The zero-order chi connectivity index (χ0) is 28.6. The van der Waals surface area contributed by atoms with E-state index in [1.165, 1.54) is 5.56 Å². The first-order chi connectivity index (χ1) is 19.2.